The van der Waals surface area contributed by atoms with Gasteiger partial charge in [-0.15, -0.1) is 0 Å². The molecule has 1 amide bonds. The molecule has 0 radical (unpaired) electrons. The minimum absolute atomic E-state index is 0.0181. The van der Waals surface area contributed by atoms with E-state index in [1.54, 1.807) is 14.1 Å². The third-order valence-electron chi connectivity index (χ3n) is 4.17. The summed E-state index contributed by atoms with van der Waals surface area (Å²) in [5, 5.41) is 13.2. The summed E-state index contributed by atoms with van der Waals surface area (Å²) in [7, 11) is 3.33. The quantitative estimate of drug-likeness (QED) is 0.498. The summed E-state index contributed by atoms with van der Waals surface area (Å²) in [6.07, 6.45) is 2.10. The molecule has 1 aromatic rings. The predicted octanol–water partition coefficient (Wildman–Crippen LogP) is 2.02. The van der Waals surface area contributed by atoms with Gasteiger partial charge in [0.05, 0.1) is 17.7 Å². The van der Waals surface area contributed by atoms with Crippen LogP contribution < -0.4 is 16.0 Å². The molecule has 1 aromatic heterocycles. The Morgan fingerprint density at radius 1 is 1.33 bits per heavy atom. The van der Waals surface area contributed by atoms with E-state index in [0.29, 0.717) is 25.0 Å². The van der Waals surface area contributed by atoms with E-state index >= 15 is 0 Å². The number of hydrogen-bond donors (Lipinski definition) is 3. The van der Waals surface area contributed by atoms with E-state index in [9.17, 15) is 4.79 Å². The lowest BCUT2D eigenvalue weighted by Crippen LogP contribution is -2.47. The SMILES string of the molecule is CCC(CC)c1cc(CNC(=NC)NCC(C)(C)C(=O)NC)on1. The monoisotopic (exact) mass is 337 g/mol. The lowest BCUT2D eigenvalue weighted by molar-refractivity contribution is -0.128. The summed E-state index contributed by atoms with van der Waals surface area (Å²) in [6.45, 7) is 9.03. The van der Waals surface area contributed by atoms with Crippen LogP contribution in [0.15, 0.2) is 15.6 Å². The Balaban J connectivity index is 2.54. The van der Waals surface area contributed by atoms with Crippen molar-refractivity contribution in [2.24, 2.45) is 10.4 Å². The fourth-order valence-electron chi connectivity index (χ4n) is 2.43. The molecule has 1 rings (SSSR count). The van der Waals surface area contributed by atoms with Crippen LogP contribution in [-0.4, -0.2) is 37.7 Å². The highest BCUT2D eigenvalue weighted by Crippen LogP contribution is 2.22. The Morgan fingerprint density at radius 2 is 2.00 bits per heavy atom. The van der Waals surface area contributed by atoms with Crippen molar-refractivity contribution in [2.45, 2.75) is 53.0 Å². The van der Waals surface area contributed by atoms with Gasteiger partial charge in [0.25, 0.3) is 0 Å². The van der Waals surface area contributed by atoms with Gasteiger partial charge >= 0.3 is 0 Å². The van der Waals surface area contributed by atoms with Crippen molar-refractivity contribution in [2.75, 3.05) is 20.6 Å². The molecule has 0 aromatic carbocycles. The van der Waals surface area contributed by atoms with E-state index in [1.807, 2.05) is 19.9 Å². The van der Waals surface area contributed by atoms with Crippen LogP contribution in [0.1, 0.15) is 57.9 Å². The first-order valence-corrected chi connectivity index (χ1v) is 8.50. The number of aromatic nitrogens is 1. The number of hydrogen-bond acceptors (Lipinski definition) is 4. The van der Waals surface area contributed by atoms with Crippen molar-refractivity contribution in [1.82, 2.24) is 21.1 Å². The molecule has 0 atom stereocenters. The Bertz CT molecular complexity index is 547. The smallest absolute Gasteiger partial charge is 0.227 e. The Kier molecular flexibility index (Phi) is 7.74. The number of aliphatic imine (C=N–C) groups is 1. The van der Waals surface area contributed by atoms with Crippen molar-refractivity contribution in [3.8, 4) is 0 Å². The molecule has 7 nitrogen and oxygen atoms in total. The Hall–Kier alpha value is -2.05. The summed E-state index contributed by atoms with van der Waals surface area (Å²) in [6, 6.07) is 1.99. The summed E-state index contributed by atoms with van der Waals surface area (Å²) >= 11 is 0. The molecular weight excluding hydrogens is 306 g/mol. The molecule has 136 valence electrons. The molecule has 0 aliphatic rings. The average molecular weight is 337 g/mol. The second-order valence-corrected chi connectivity index (χ2v) is 6.47. The van der Waals surface area contributed by atoms with Gasteiger partial charge < -0.3 is 20.5 Å². The van der Waals surface area contributed by atoms with Gasteiger partial charge in [-0.05, 0) is 26.7 Å². The van der Waals surface area contributed by atoms with Crippen LogP contribution in [0.3, 0.4) is 0 Å². The van der Waals surface area contributed by atoms with Gasteiger partial charge in [-0.25, -0.2) is 0 Å². The van der Waals surface area contributed by atoms with Crippen LogP contribution in [0.4, 0.5) is 0 Å². The lowest BCUT2D eigenvalue weighted by Gasteiger charge is -2.24. The number of guanidine groups is 1. The van der Waals surface area contributed by atoms with E-state index in [0.717, 1.165) is 24.3 Å². The van der Waals surface area contributed by atoms with Crippen molar-refractivity contribution >= 4 is 11.9 Å². The second kappa shape index (κ2) is 9.30. The topological polar surface area (TPSA) is 91.5 Å². The van der Waals surface area contributed by atoms with Gasteiger partial charge in [-0.3, -0.25) is 9.79 Å². The number of carbonyl (C=O) groups is 1. The maximum absolute atomic E-state index is 11.8. The van der Waals surface area contributed by atoms with Gasteiger partial charge in [0.15, 0.2) is 11.7 Å². The number of nitrogens with zero attached hydrogens (tertiary/aromatic N) is 2. The molecule has 24 heavy (non-hydrogen) atoms. The summed E-state index contributed by atoms with van der Waals surface area (Å²) in [5.74, 6) is 1.81. The van der Waals surface area contributed by atoms with E-state index < -0.39 is 5.41 Å². The van der Waals surface area contributed by atoms with Crippen LogP contribution in [0.2, 0.25) is 0 Å². The molecule has 0 aliphatic carbocycles. The van der Waals surface area contributed by atoms with Gasteiger partial charge in [-0.2, -0.15) is 0 Å². The van der Waals surface area contributed by atoms with Gasteiger partial charge in [0.2, 0.25) is 5.91 Å². The number of rotatable bonds is 8. The highest BCUT2D eigenvalue weighted by molar-refractivity contribution is 5.84. The average Bonchev–Trinajstić information content (AvgIpc) is 3.04. The van der Waals surface area contributed by atoms with Crippen molar-refractivity contribution in [3.63, 3.8) is 0 Å². The van der Waals surface area contributed by atoms with Crippen molar-refractivity contribution < 1.29 is 9.32 Å². The molecule has 0 aliphatic heterocycles. The first kappa shape index (κ1) is 20.0. The molecule has 0 bridgehead atoms. The molecular formula is C17H31N5O2. The fraction of sp³-hybridized carbons (Fsp3) is 0.706. The standard InChI is InChI=1S/C17H31N5O2/c1-7-12(8-2)14-9-13(24-22-14)10-20-16(19-6)21-11-17(3,4)15(23)18-5/h9,12H,7-8,10-11H2,1-6H3,(H,18,23)(H2,19,20,21). The molecule has 1 heterocycles. The first-order chi connectivity index (χ1) is 11.4. The molecule has 0 saturated heterocycles. The van der Waals surface area contributed by atoms with E-state index in [2.05, 4.69) is 39.9 Å². The summed E-state index contributed by atoms with van der Waals surface area (Å²) in [4.78, 5) is 16.0. The predicted molar refractivity (Wildman–Crippen MR) is 95.9 cm³/mol. The van der Waals surface area contributed by atoms with Gasteiger partial charge in [0.1, 0.15) is 0 Å². The summed E-state index contributed by atoms with van der Waals surface area (Å²) < 4.78 is 5.39. The van der Waals surface area contributed by atoms with Crippen molar-refractivity contribution in [1.29, 1.82) is 0 Å². The lowest BCUT2D eigenvalue weighted by atomic mass is 9.92. The first-order valence-electron chi connectivity index (χ1n) is 8.50. The largest absolute Gasteiger partial charge is 0.359 e. The molecule has 0 saturated carbocycles. The Labute approximate surface area is 144 Å². The van der Waals surface area contributed by atoms with E-state index in [-0.39, 0.29) is 5.91 Å². The maximum atomic E-state index is 11.8. The van der Waals surface area contributed by atoms with Crippen LogP contribution >= 0.6 is 0 Å². The third-order valence-corrected chi connectivity index (χ3v) is 4.17. The van der Waals surface area contributed by atoms with Gasteiger partial charge in [0, 0.05) is 32.6 Å². The minimum Gasteiger partial charge on any atom is -0.359 e. The second-order valence-electron chi connectivity index (χ2n) is 6.47. The van der Waals surface area contributed by atoms with Crippen LogP contribution in [0.25, 0.3) is 0 Å². The van der Waals surface area contributed by atoms with Gasteiger partial charge in [-0.1, -0.05) is 19.0 Å². The highest BCUT2D eigenvalue weighted by atomic mass is 16.5. The summed E-state index contributed by atoms with van der Waals surface area (Å²) in [5.41, 5.74) is 0.474. The Morgan fingerprint density at radius 3 is 2.54 bits per heavy atom. The molecule has 3 N–H and O–H groups in total. The zero-order valence-corrected chi connectivity index (χ0v) is 15.7. The molecule has 7 heteroatoms. The zero-order valence-electron chi connectivity index (χ0n) is 15.7. The van der Waals surface area contributed by atoms with Crippen molar-refractivity contribution in [3.05, 3.63) is 17.5 Å². The van der Waals surface area contributed by atoms with Crippen LogP contribution in [-0.2, 0) is 11.3 Å². The number of amides is 1. The fourth-order valence-corrected chi connectivity index (χ4v) is 2.43. The number of carbonyl (C=O) groups excluding carboxylic acids is 1. The molecule has 0 unspecified atom stereocenters. The highest BCUT2D eigenvalue weighted by Gasteiger charge is 2.26. The number of nitrogens with one attached hydrogen (secondary N) is 3. The van der Waals surface area contributed by atoms with Crippen LogP contribution in [0, 0.1) is 5.41 Å². The van der Waals surface area contributed by atoms with E-state index in [4.69, 9.17) is 4.52 Å². The minimum atomic E-state index is -0.527. The third kappa shape index (κ3) is 5.54. The molecule has 0 fully saturated rings. The van der Waals surface area contributed by atoms with E-state index in [1.165, 1.54) is 0 Å². The molecule has 0 spiro atoms. The normalized spacial score (nSPS) is 12.4. The maximum Gasteiger partial charge on any atom is 0.227 e. The zero-order chi connectivity index (χ0) is 18.2. The van der Waals surface area contributed by atoms with Crippen LogP contribution in [0.5, 0.6) is 0 Å².